The van der Waals surface area contributed by atoms with Crippen molar-refractivity contribution in [2.75, 3.05) is 9.80 Å². The highest BCUT2D eigenvalue weighted by molar-refractivity contribution is 6.14. The van der Waals surface area contributed by atoms with Gasteiger partial charge in [0.05, 0.1) is 5.69 Å². The fraction of sp³-hybridized carbons (Fsp3) is 0. The number of benzene rings is 7. The summed E-state index contributed by atoms with van der Waals surface area (Å²) in [5.41, 5.74) is 6.70. The van der Waals surface area contributed by atoms with Crippen molar-refractivity contribution in [1.82, 2.24) is 0 Å². The largest absolute Gasteiger partial charge is 0.310 e. The monoisotopic (exact) mass is 512 g/mol. The van der Waals surface area contributed by atoms with Gasteiger partial charge in [-0.3, -0.25) is 0 Å². The number of para-hydroxylation sites is 4. The zero-order chi connectivity index (χ0) is 26.7. The van der Waals surface area contributed by atoms with Crippen LogP contribution >= 0.6 is 0 Å². The third-order valence-electron chi connectivity index (χ3n) is 7.38. The van der Waals surface area contributed by atoms with E-state index in [0.717, 1.165) is 34.1 Å². The standard InChI is InChI=1S/C38H28N2/c1-5-16-30(17-6-1)39(31-18-7-2-8-19-31)34-27-37-35-24-14-13-15-29(35)25-26-36(37)38(28-34)40(32-20-9-3-10-21-32)33-22-11-4-12-23-33/h1-28H. The van der Waals surface area contributed by atoms with Gasteiger partial charge >= 0.3 is 0 Å². The number of hydrogen-bond acceptors (Lipinski definition) is 2. The third-order valence-corrected chi connectivity index (χ3v) is 7.38. The van der Waals surface area contributed by atoms with Crippen molar-refractivity contribution in [3.05, 3.63) is 170 Å². The Kier molecular flexibility index (Phi) is 6.20. The Labute approximate surface area is 235 Å². The van der Waals surface area contributed by atoms with E-state index in [-0.39, 0.29) is 0 Å². The molecular weight excluding hydrogens is 484 g/mol. The zero-order valence-corrected chi connectivity index (χ0v) is 22.1. The topological polar surface area (TPSA) is 6.48 Å². The highest BCUT2D eigenvalue weighted by Crippen LogP contribution is 2.45. The molecule has 2 heteroatoms. The lowest BCUT2D eigenvalue weighted by Crippen LogP contribution is -2.13. The average Bonchev–Trinajstić information content (AvgIpc) is 3.03. The fourth-order valence-electron chi connectivity index (χ4n) is 5.58. The van der Waals surface area contributed by atoms with Crippen LogP contribution in [0, 0.1) is 0 Å². The van der Waals surface area contributed by atoms with Crippen LogP contribution in [0.1, 0.15) is 0 Å². The molecular formula is C38H28N2. The average molecular weight is 513 g/mol. The van der Waals surface area contributed by atoms with Crippen LogP contribution < -0.4 is 9.80 Å². The Bertz CT molecular complexity index is 1800. The van der Waals surface area contributed by atoms with Gasteiger partial charge in [-0.05, 0) is 76.8 Å². The van der Waals surface area contributed by atoms with Crippen molar-refractivity contribution < 1.29 is 0 Å². The first-order chi connectivity index (χ1) is 19.9. The van der Waals surface area contributed by atoms with E-state index in [0.29, 0.717) is 0 Å². The van der Waals surface area contributed by atoms with Crippen LogP contribution in [0.3, 0.4) is 0 Å². The van der Waals surface area contributed by atoms with Gasteiger partial charge in [0.1, 0.15) is 0 Å². The Morgan fingerprint density at radius 1 is 0.275 bits per heavy atom. The second-order valence-electron chi connectivity index (χ2n) is 9.86. The van der Waals surface area contributed by atoms with Gasteiger partial charge in [-0.25, -0.2) is 0 Å². The number of fused-ring (bicyclic) bond motifs is 3. The molecule has 40 heavy (non-hydrogen) atoms. The Balaban J connectivity index is 1.58. The van der Waals surface area contributed by atoms with E-state index in [4.69, 9.17) is 0 Å². The summed E-state index contributed by atoms with van der Waals surface area (Å²) < 4.78 is 0. The summed E-state index contributed by atoms with van der Waals surface area (Å²) in [6.07, 6.45) is 0. The van der Waals surface area contributed by atoms with Gasteiger partial charge in [0.15, 0.2) is 0 Å². The predicted octanol–water partition coefficient (Wildman–Crippen LogP) is 10.9. The maximum absolute atomic E-state index is 2.37. The summed E-state index contributed by atoms with van der Waals surface area (Å²) in [4.78, 5) is 4.72. The SMILES string of the molecule is c1ccc(N(c2ccccc2)c2cc(N(c3ccccc3)c3ccccc3)c3ccc4ccccc4c3c2)cc1. The minimum absolute atomic E-state index is 1.10. The van der Waals surface area contributed by atoms with Gasteiger partial charge < -0.3 is 9.80 Å². The molecule has 0 aliphatic rings. The molecule has 7 rings (SSSR count). The van der Waals surface area contributed by atoms with E-state index in [1.54, 1.807) is 0 Å². The molecule has 0 fully saturated rings. The molecule has 0 atom stereocenters. The third kappa shape index (κ3) is 4.36. The van der Waals surface area contributed by atoms with E-state index in [2.05, 4.69) is 180 Å². The first-order valence-corrected chi connectivity index (χ1v) is 13.6. The van der Waals surface area contributed by atoms with E-state index in [1.165, 1.54) is 21.5 Å². The number of rotatable bonds is 6. The molecule has 0 amide bonds. The molecule has 0 saturated carbocycles. The summed E-state index contributed by atoms with van der Waals surface area (Å²) >= 11 is 0. The van der Waals surface area contributed by atoms with Crippen LogP contribution in [-0.4, -0.2) is 0 Å². The van der Waals surface area contributed by atoms with Crippen LogP contribution in [0.5, 0.6) is 0 Å². The van der Waals surface area contributed by atoms with Crippen molar-refractivity contribution in [2.45, 2.75) is 0 Å². The van der Waals surface area contributed by atoms with Crippen molar-refractivity contribution in [3.63, 3.8) is 0 Å². The molecule has 7 aromatic rings. The van der Waals surface area contributed by atoms with Crippen LogP contribution in [0.4, 0.5) is 34.1 Å². The van der Waals surface area contributed by atoms with Crippen LogP contribution in [0.2, 0.25) is 0 Å². The minimum Gasteiger partial charge on any atom is -0.310 e. The van der Waals surface area contributed by atoms with E-state index in [1.807, 2.05) is 0 Å². The van der Waals surface area contributed by atoms with Gasteiger partial charge in [-0.15, -0.1) is 0 Å². The first-order valence-electron chi connectivity index (χ1n) is 13.6. The molecule has 0 aliphatic carbocycles. The predicted molar refractivity (Wildman–Crippen MR) is 171 cm³/mol. The summed E-state index contributed by atoms with van der Waals surface area (Å²) in [6.45, 7) is 0. The van der Waals surface area contributed by atoms with Crippen molar-refractivity contribution >= 4 is 55.7 Å². The quantitative estimate of drug-likeness (QED) is 0.204. The second kappa shape index (κ2) is 10.4. The number of hydrogen-bond donors (Lipinski definition) is 0. The maximum Gasteiger partial charge on any atom is 0.0561 e. The highest BCUT2D eigenvalue weighted by Gasteiger charge is 2.20. The summed E-state index contributed by atoms with van der Waals surface area (Å²) in [5.74, 6) is 0. The van der Waals surface area contributed by atoms with Crippen molar-refractivity contribution in [1.29, 1.82) is 0 Å². The fourth-order valence-corrected chi connectivity index (χ4v) is 5.58. The van der Waals surface area contributed by atoms with Crippen molar-refractivity contribution in [3.8, 4) is 0 Å². The van der Waals surface area contributed by atoms with E-state index in [9.17, 15) is 0 Å². The van der Waals surface area contributed by atoms with Gasteiger partial charge in [-0.1, -0.05) is 109 Å². The zero-order valence-electron chi connectivity index (χ0n) is 22.1. The summed E-state index contributed by atoms with van der Waals surface area (Å²) in [6, 6.07) is 60.3. The summed E-state index contributed by atoms with van der Waals surface area (Å²) in [7, 11) is 0. The van der Waals surface area contributed by atoms with Gasteiger partial charge in [0.25, 0.3) is 0 Å². The van der Waals surface area contributed by atoms with Gasteiger partial charge in [0.2, 0.25) is 0 Å². The maximum atomic E-state index is 2.37. The molecule has 0 unspecified atom stereocenters. The van der Waals surface area contributed by atoms with Crippen LogP contribution in [0.25, 0.3) is 21.5 Å². The smallest absolute Gasteiger partial charge is 0.0561 e. The molecule has 0 spiro atoms. The lowest BCUT2D eigenvalue weighted by Gasteiger charge is -2.31. The molecule has 0 heterocycles. The summed E-state index contributed by atoms with van der Waals surface area (Å²) in [5, 5.41) is 4.90. The van der Waals surface area contributed by atoms with E-state index >= 15 is 0 Å². The molecule has 0 N–H and O–H groups in total. The molecule has 190 valence electrons. The van der Waals surface area contributed by atoms with E-state index < -0.39 is 0 Å². The highest BCUT2D eigenvalue weighted by atomic mass is 15.2. The number of anilines is 6. The Hall–Kier alpha value is -5.34. The van der Waals surface area contributed by atoms with Gasteiger partial charge in [-0.2, -0.15) is 0 Å². The normalized spacial score (nSPS) is 11.0. The molecule has 7 aromatic carbocycles. The minimum atomic E-state index is 1.10. The van der Waals surface area contributed by atoms with Crippen molar-refractivity contribution in [2.24, 2.45) is 0 Å². The lowest BCUT2D eigenvalue weighted by molar-refractivity contribution is 1.26. The Morgan fingerprint density at radius 3 is 1.25 bits per heavy atom. The molecule has 0 radical (unpaired) electrons. The second-order valence-corrected chi connectivity index (χ2v) is 9.86. The number of nitrogens with zero attached hydrogens (tertiary/aromatic N) is 2. The first kappa shape index (κ1) is 23.8. The van der Waals surface area contributed by atoms with Crippen LogP contribution in [-0.2, 0) is 0 Å². The molecule has 0 bridgehead atoms. The van der Waals surface area contributed by atoms with Gasteiger partial charge in [0, 0.05) is 33.8 Å². The lowest BCUT2D eigenvalue weighted by atomic mass is 9.98. The molecule has 2 nitrogen and oxygen atoms in total. The molecule has 0 aliphatic heterocycles. The molecule has 0 aromatic heterocycles. The Morgan fingerprint density at radius 2 is 0.725 bits per heavy atom. The van der Waals surface area contributed by atoms with Crippen LogP contribution in [0.15, 0.2) is 170 Å². The molecule has 0 saturated heterocycles.